The van der Waals surface area contributed by atoms with Crippen LogP contribution in [0.15, 0.2) is 46.4 Å². The molecule has 1 atom stereocenters. The van der Waals surface area contributed by atoms with Crippen molar-refractivity contribution >= 4 is 17.4 Å². The highest BCUT2D eigenvalue weighted by Crippen LogP contribution is 2.39. The average Bonchev–Trinajstić information content (AvgIpc) is 3.32. The number of likely N-dealkylation sites (tertiary alicyclic amines) is 1. The molecule has 1 aromatic carbocycles. The Balaban J connectivity index is 1.98. The SMILES string of the molecule is CC[NH+](CC)CCCN1C(=O)C(=O)C(=C([O-])c2ccc(OC)cc2)C1c1ccc(C)o1. The number of aryl methyl sites for hydroxylation is 1. The number of amides is 1. The van der Waals surface area contributed by atoms with E-state index in [0.717, 1.165) is 26.1 Å². The third-order valence-corrected chi connectivity index (χ3v) is 5.84. The van der Waals surface area contributed by atoms with Crippen molar-refractivity contribution in [2.75, 3.05) is 33.3 Å². The summed E-state index contributed by atoms with van der Waals surface area (Å²) in [5, 5.41) is 13.3. The zero-order chi connectivity index (χ0) is 22.5. The van der Waals surface area contributed by atoms with Crippen LogP contribution in [-0.4, -0.2) is 49.9 Å². The lowest BCUT2D eigenvalue weighted by molar-refractivity contribution is -0.896. The van der Waals surface area contributed by atoms with Crippen molar-refractivity contribution in [3.8, 4) is 5.75 Å². The van der Waals surface area contributed by atoms with Crippen LogP contribution in [0.4, 0.5) is 0 Å². The van der Waals surface area contributed by atoms with Crippen molar-refractivity contribution in [1.82, 2.24) is 4.90 Å². The maximum Gasteiger partial charge on any atom is 0.295 e. The third kappa shape index (κ3) is 4.66. The van der Waals surface area contributed by atoms with Crippen LogP contribution in [0, 0.1) is 6.92 Å². The summed E-state index contributed by atoms with van der Waals surface area (Å²) >= 11 is 0. The predicted molar refractivity (Wildman–Crippen MR) is 114 cm³/mol. The molecule has 1 aliphatic heterocycles. The van der Waals surface area contributed by atoms with Crippen LogP contribution in [0.2, 0.25) is 0 Å². The Labute approximate surface area is 182 Å². The van der Waals surface area contributed by atoms with Gasteiger partial charge in [0.05, 0.1) is 26.7 Å². The molecule has 1 N–H and O–H groups in total. The molecular weight excluding hydrogens is 396 g/mol. The first-order valence-electron chi connectivity index (χ1n) is 10.7. The number of quaternary nitrogens is 1. The topological polar surface area (TPSA) is 87.2 Å². The fourth-order valence-corrected chi connectivity index (χ4v) is 4.00. The van der Waals surface area contributed by atoms with E-state index in [0.29, 0.717) is 29.4 Å². The van der Waals surface area contributed by atoms with Crippen molar-refractivity contribution in [3.05, 3.63) is 59.1 Å². The Kier molecular flexibility index (Phi) is 7.17. The van der Waals surface area contributed by atoms with Crippen molar-refractivity contribution in [2.45, 2.75) is 33.2 Å². The molecule has 1 amide bonds. The van der Waals surface area contributed by atoms with Crippen LogP contribution >= 0.6 is 0 Å². The second-order valence-corrected chi connectivity index (χ2v) is 7.71. The number of ketones is 1. The number of ether oxygens (including phenoxy) is 1. The smallest absolute Gasteiger partial charge is 0.295 e. The van der Waals surface area contributed by atoms with E-state index in [1.165, 1.54) is 16.9 Å². The first-order valence-corrected chi connectivity index (χ1v) is 10.7. The Bertz CT molecular complexity index is 957. The van der Waals surface area contributed by atoms with Crippen molar-refractivity contribution in [3.63, 3.8) is 0 Å². The van der Waals surface area contributed by atoms with Gasteiger partial charge in [0.2, 0.25) is 5.78 Å². The number of benzene rings is 1. The monoisotopic (exact) mass is 426 g/mol. The molecule has 3 rings (SSSR count). The van der Waals surface area contributed by atoms with Gasteiger partial charge in [-0.05, 0) is 50.6 Å². The number of carbonyl (C=O) groups excluding carboxylic acids is 2. The minimum Gasteiger partial charge on any atom is -0.872 e. The van der Waals surface area contributed by atoms with E-state index in [2.05, 4.69) is 13.8 Å². The number of hydrogen-bond acceptors (Lipinski definition) is 5. The van der Waals surface area contributed by atoms with E-state index in [4.69, 9.17) is 9.15 Å². The predicted octanol–water partition coefficient (Wildman–Crippen LogP) is 1.14. The van der Waals surface area contributed by atoms with Crippen LogP contribution in [0.5, 0.6) is 5.75 Å². The van der Waals surface area contributed by atoms with Crippen LogP contribution in [-0.2, 0) is 9.59 Å². The summed E-state index contributed by atoms with van der Waals surface area (Å²) in [6.45, 7) is 9.30. The molecule has 7 nitrogen and oxygen atoms in total. The van der Waals surface area contributed by atoms with Crippen LogP contribution in [0.3, 0.4) is 0 Å². The van der Waals surface area contributed by atoms with Gasteiger partial charge in [-0.1, -0.05) is 17.9 Å². The minimum atomic E-state index is -0.810. The second kappa shape index (κ2) is 9.83. The van der Waals surface area contributed by atoms with Gasteiger partial charge in [-0.2, -0.15) is 0 Å². The normalized spacial score (nSPS) is 18.2. The fourth-order valence-electron chi connectivity index (χ4n) is 4.00. The summed E-state index contributed by atoms with van der Waals surface area (Å²) in [4.78, 5) is 28.7. The minimum absolute atomic E-state index is 0.0558. The third-order valence-electron chi connectivity index (χ3n) is 5.84. The van der Waals surface area contributed by atoms with Gasteiger partial charge < -0.3 is 24.1 Å². The first-order chi connectivity index (χ1) is 14.9. The summed E-state index contributed by atoms with van der Waals surface area (Å²) in [7, 11) is 1.54. The van der Waals surface area contributed by atoms with Crippen LogP contribution in [0.1, 0.15) is 43.4 Å². The fraction of sp³-hybridized carbons (Fsp3) is 0.417. The second-order valence-electron chi connectivity index (χ2n) is 7.71. The molecule has 7 heteroatoms. The number of Topliss-reactive ketones (excluding diaryl/α,β-unsaturated/α-hetero) is 1. The Morgan fingerprint density at radius 2 is 1.81 bits per heavy atom. The molecule has 1 saturated heterocycles. The lowest BCUT2D eigenvalue weighted by Gasteiger charge is -2.26. The maximum atomic E-state index is 13.3. The Morgan fingerprint density at radius 3 is 2.35 bits per heavy atom. The lowest BCUT2D eigenvalue weighted by atomic mass is 9.99. The van der Waals surface area contributed by atoms with E-state index < -0.39 is 23.5 Å². The van der Waals surface area contributed by atoms with Crippen LogP contribution < -0.4 is 14.7 Å². The molecule has 1 aromatic heterocycles. The molecule has 2 heterocycles. The van der Waals surface area contributed by atoms with Gasteiger partial charge in [0.25, 0.3) is 5.91 Å². The van der Waals surface area contributed by atoms with Gasteiger partial charge >= 0.3 is 0 Å². The first kappa shape index (κ1) is 22.6. The summed E-state index contributed by atoms with van der Waals surface area (Å²) in [5.41, 5.74) is 0.277. The number of carbonyl (C=O) groups is 2. The van der Waals surface area contributed by atoms with Crippen molar-refractivity contribution in [2.24, 2.45) is 0 Å². The zero-order valence-electron chi connectivity index (χ0n) is 18.6. The standard InChI is InChI=1S/C24H30N2O5/c1-5-25(6-2)14-7-15-26-21(19-13-8-16(3)31-19)20(23(28)24(26)29)22(27)17-9-11-18(30-4)12-10-17/h8-13,21,27H,5-7,14-15H2,1-4H3. The van der Waals surface area contributed by atoms with E-state index in [1.807, 2.05) is 0 Å². The van der Waals surface area contributed by atoms with Gasteiger partial charge in [0.1, 0.15) is 23.3 Å². The molecule has 31 heavy (non-hydrogen) atoms. The van der Waals surface area contributed by atoms with Gasteiger partial charge in [0.15, 0.2) is 0 Å². The molecule has 0 radical (unpaired) electrons. The highest BCUT2D eigenvalue weighted by molar-refractivity contribution is 6.46. The molecule has 1 fully saturated rings. The number of methoxy groups -OCH3 is 1. The molecule has 0 spiro atoms. The summed E-state index contributed by atoms with van der Waals surface area (Å²) in [5.74, 6) is -0.166. The number of rotatable bonds is 9. The molecule has 1 aliphatic rings. The molecule has 0 saturated carbocycles. The Hall–Kier alpha value is -3.06. The van der Waals surface area contributed by atoms with Gasteiger partial charge in [-0.25, -0.2) is 0 Å². The molecule has 0 aliphatic carbocycles. The highest BCUT2D eigenvalue weighted by atomic mass is 16.5. The number of nitrogens with zero attached hydrogens (tertiary/aromatic N) is 1. The molecule has 0 bridgehead atoms. The highest BCUT2D eigenvalue weighted by Gasteiger charge is 2.45. The summed E-state index contributed by atoms with van der Waals surface area (Å²) < 4.78 is 10.9. The van der Waals surface area contributed by atoms with Gasteiger partial charge in [0, 0.05) is 18.5 Å². The summed E-state index contributed by atoms with van der Waals surface area (Å²) in [6, 6.07) is 9.21. The number of nitrogens with one attached hydrogen (secondary N) is 1. The Morgan fingerprint density at radius 1 is 1.13 bits per heavy atom. The van der Waals surface area contributed by atoms with E-state index in [9.17, 15) is 14.7 Å². The zero-order valence-corrected chi connectivity index (χ0v) is 18.6. The quantitative estimate of drug-likeness (QED) is 0.369. The largest absolute Gasteiger partial charge is 0.872 e. The molecule has 2 aromatic rings. The maximum absolute atomic E-state index is 13.3. The van der Waals surface area contributed by atoms with Crippen LogP contribution in [0.25, 0.3) is 5.76 Å². The number of furan rings is 1. The van der Waals surface area contributed by atoms with Gasteiger partial charge in [-0.15, -0.1) is 0 Å². The molecule has 1 unspecified atom stereocenters. The van der Waals surface area contributed by atoms with E-state index in [-0.39, 0.29) is 5.57 Å². The number of hydrogen-bond donors (Lipinski definition) is 1. The van der Waals surface area contributed by atoms with Crippen molar-refractivity contribution in [1.29, 1.82) is 0 Å². The van der Waals surface area contributed by atoms with Crippen molar-refractivity contribution < 1.29 is 28.7 Å². The summed E-state index contributed by atoms with van der Waals surface area (Å²) in [6.07, 6.45) is 0.732. The van der Waals surface area contributed by atoms with E-state index in [1.54, 1.807) is 43.3 Å². The molecule has 166 valence electrons. The molecular formula is C24H30N2O5. The van der Waals surface area contributed by atoms with E-state index >= 15 is 0 Å². The van der Waals surface area contributed by atoms with Gasteiger partial charge in [-0.3, -0.25) is 9.59 Å². The average molecular weight is 427 g/mol. The lowest BCUT2D eigenvalue weighted by Crippen LogP contribution is -3.11.